The summed E-state index contributed by atoms with van der Waals surface area (Å²) in [6, 6.07) is 3.10. The molecule has 0 unspecified atom stereocenters. The predicted molar refractivity (Wildman–Crippen MR) is 55.3 cm³/mol. The molecule has 0 heterocycles. The Bertz CT molecular complexity index is 281. The van der Waals surface area contributed by atoms with Gasteiger partial charge in [-0.3, -0.25) is 0 Å². The number of phenols is 2. The lowest BCUT2D eigenvalue weighted by Gasteiger charge is -2.08. The van der Waals surface area contributed by atoms with Gasteiger partial charge < -0.3 is 21.7 Å². The van der Waals surface area contributed by atoms with E-state index in [-0.39, 0.29) is 11.5 Å². The Morgan fingerprint density at radius 2 is 1.21 bits per heavy atom. The van der Waals surface area contributed by atoms with Crippen molar-refractivity contribution in [3.63, 3.8) is 0 Å². The van der Waals surface area contributed by atoms with Gasteiger partial charge in [-0.25, -0.2) is 0 Å². The predicted octanol–water partition coefficient (Wildman–Crippen LogP) is 0.100. The van der Waals surface area contributed by atoms with Crippen LogP contribution in [-0.2, 0) is 12.8 Å². The summed E-state index contributed by atoms with van der Waals surface area (Å²) in [5, 5.41) is 19.1. The second-order valence-electron chi connectivity index (χ2n) is 3.19. The molecule has 0 bridgehead atoms. The fraction of sp³-hybridized carbons (Fsp3) is 0.400. The van der Waals surface area contributed by atoms with Crippen LogP contribution in [0.3, 0.4) is 0 Å². The minimum atomic E-state index is 0.178. The van der Waals surface area contributed by atoms with Crippen LogP contribution < -0.4 is 11.5 Å². The minimum absolute atomic E-state index is 0.178. The molecule has 1 aromatic carbocycles. The van der Waals surface area contributed by atoms with Crippen LogP contribution in [0, 0.1) is 0 Å². The SMILES string of the molecule is NCCc1cc(O)c(CCN)cc1O. The topological polar surface area (TPSA) is 92.5 Å². The third-order valence-electron chi connectivity index (χ3n) is 2.11. The molecule has 0 fully saturated rings. The summed E-state index contributed by atoms with van der Waals surface area (Å²) < 4.78 is 0. The fourth-order valence-corrected chi connectivity index (χ4v) is 1.37. The van der Waals surface area contributed by atoms with E-state index < -0.39 is 0 Å². The molecule has 78 valence electrons. The normalized spacial score (nSPS) is 10.4. The van der Waals surface area contributed by atoms with E-state index >= 15 is 0 Å². The van der Waals surface area contributed by atoms with Crippen LogP contribution in [0.1, 0.15) is 11.1 Å². The van der Waals surface area contributed by atoms with E-state index in [1.165, 1.54) is 0 Å². The van der Waals surface area contributed by atoms with Crippen LogP contribution in [-0.4, -0.2) is 23.3 Å². The van der Waals surface area contributed by atoms with Crippen LogP contribution in [0.5, 0.6) is 11.5 Å². The molecule has 0 atom stereocenters. The number of rotatable bonds is 4. The van der Waals surface area contributed by atoms with Gasteiger partial charge in [-0.05, 0) is 49.2 Å². The Kier molecular flexibility index (Phi) is 3.73. The third-order valence-corrected chi connectivity index (χ3v) is 2.11. The van der Waals surface area contributed by atoms with Gasteiger partial charge >= 0.3 is 0 Å². The van der Waals surface area contributed by atoms with Crippen LogP contribution in [0.2, 0.25) is 0 Å². The molecule has 0 aliphatic heterocycles. The highest BCUT2D eigenvalue weighted by atomic mass is 16.3. The van der Waals surface area contributed by atoms with Gasteiger partial charge in [0, 0.05) is 0 Å². The summed E-state index contributed by atoms with van der Waals surface area (Å²) in [4.78, 5) is 0. The Morgan fingerprint density at radius 3 is 1.50 bits per heavy atom. The van der Waals surface area contributed by atoms with Gasteiger partial charge in [0.2, 0.25) is 0 Å². The molecule has 4 heteroatoms. The molecule has 0 aliphatic carbocycles. The summed E-state index contributed by atoms with van der Waals surface area (Å²) in [6.45, 7) is 0.895. The summed E-state index contributed by atoms with van der Waals surface area (Å²) in [5.41, 5.74) is 12.1. The molecule has 0 spiro atoms. The average molecular weight is 196 g/mol. The zero-order chi connectivity index (χ0) is 10.6. The van der Waals surface area contributed by atoms with Gasteiger partial charge in [0.25, 0.3) is 0 Å². The van der Waals surface area contributed by atoms with E-state index in [1.54, 1.807) is 12.1 Å². The van der Waals surface area contributed by atoms with Gasteiger partial charge in [-0.15, -0.1) is 0 Å². The van der Waals surface area contributed by atoms with E-state index in [1.807, 2.05) is 0 Å². The molecular weight excluding hydrogens is 180 g/mol. The first-order valence-electron chi connectivity index (χ1n) is 4.63. The van der Waals surface area contributed by atoms with Crippen molar-refractivity contribution in [2.75, 3.05) is 13.1 Å². The molecule has 0 aliphatic rings. The molecule has 6 N–H and O–H groups in total. The maximum atomic E-state index is 9.57. The Labute approximate surface area is 83.2 Å². The highest BCUT2D eigenvalue weighted by molar-refractivity contribution is 5.45. The number of nitrogens with two attached hydrogens (primary N) is 2. The van der Waals surface area contributed by atoms with Gasteiger partial charge in [-0.2, -0.15) is 0 Å². The fourth-order valence-electron chi connectivity index (χ4n) is 1.37. The molecular formula is C10H16N2O2. The summed E-state index contributed by atoms with van der Waals surface area (Å²) in [5.74, 6) is 0.355. The lowest BCUT2D eigenvalue weighted by molar-refractivity contribution is 0.449. The van der Waals surface area contributed by atoms with Crippen molar-refractivity contribution in [3.05, 3.63) is 23.3 Å². The highest BCUT2D eigenvalue weighted by Crippen LogP contribution is 2.27. The Balaban J connectivity index is 2.97. The molecule has 0 aromatic heterocycles. The maximum absolute atomic E-state index is 9.57. The van der Waals surface area contributed by atoms with Crippen molar-refractivity contribution in [3.8, 4) is 11.5 Å². The minimum Gasteiger partial charge on any atom is -0.508 e. The molecule has 14 heavy (non-hydrogen) atoms. The van der Waals surface area contributed by atoms with E-state index in [9.17, 15) is 10.2 Å². The summed E-state index contributed by atoms with van der Waals surface area (Å²) in [6.07, 6.45) is 1.12. The third kappa shape index (κ3) is 2.37. The van der Waals surface area contributed by atoms with Gasteiger partial charge in [0.05, 0.1) is 0 Å². The number of aromatic hydroxyl groups is 2. The second-order valence-corrected chi connectivity index (χ2v) is 3.19. The van der Waals surface area contributed by atoms with Gasteiger partial charge in [0.1, 0.15) is 11.5 Å². The lowest BCUT2D eigenvalue weighted by Crippen LogP contribution is -2.05. The smallest absolute Gasteiger partial charge is 0.119 e. The largest absolute Gasteiger partial charge is 0.508 e. The number of phenolic OH excluding ortho intramolecular Hbond substituents is 2. The standard InChI is InChI=1S/C10H16N2O2/c11-3-1-7-5-10(14)8(2-4-12)6-9(7)13/h5-6,13-14H,1-4,11-12H2. The van der Waals surface area contributed by atoms with Crippen LogP contribution in [0.4, 0.5) is 0 Å². The molecule has 1 rings (SSSR count). The number of benzene rings is 1. The monoisotopic (exact) mass is 196 g/mol. The van der Waals surface area contributed by atoms with Crippen LogP contribution >= 0.6 is 0 Å². The second kappa shape index (κ2) is 4.83. The van der Waals surface area contributed by atoms with E-state index in [4.69, 9.17) is 11.5 Å². The van der Waals surface area contributed by atoms with Crippen molar-refractivity contribution in [2.45, 2.75) is 12.8 Å². The van der Waals surface area contributed by atoms with Gasteiger partial charge in [-0.1, -0.05) is 0 Å². The van der Waals surface area contributed by atoms with Crippen molar-refractivity contribution >= 4 is 0 Å². The lowest BCUT2D eigenvalue weighted by atomic mass is 10.0. The molecule has 0 amide bonds. The average Bonchev–Trinajstić information content (AvgIpc) is 2.14. The van der Waals surface area contributed by atoms with Gasteiger partial charge in [0.15, 0.2) is 0 Å². The number of hydrogen-bond donors (Lipinski definition) is 4. The van der Waals surface area contributed by atoms with E-state index in [0.29, 0.717) is 37.1 Å². The maximum Gasteiger partial charge on any atom is 0.119 e. The van der Waals surface area contributed by atoms with E-state index in [2.05, 4.69) is 0 Å². The molecule has 0 saturated heterocycles. The van der Waals surface area contributed by atoms with Crippen molar-refractivity contribution in [1.82, 2.24) is 0 Å². The molecule has 0 saturated carbocycles. The number of hydrogen-bond acceptors (Lipinski definition) is 4. The van der Waals surface area contributed by atoms with Crippen LogP contribution in [0.15, 0.2) is 12.1 Å². The molecule has 4 nitrogen and oxygen atoms in total. The molecule has 0 radical (unpaired) electrons. The van der Waals surface area contributed by atoms with Crippen molar-refractivity contribution in [1.29, 1.82) is 0 Å². The summed E-state index contributed by atoms with van der Waals surface area (Å²) in [7, 11) is 0. The molecule has 1 aromatic rings. The van der Waals surface area contributed by atoms with Crippen molar-refractivity contribution in [2.24, 2.45) is 11.5 Å². The summed E-state index contributed by atoms with van der Waals surface area (Å²) >= 11 is 0. The van der Waals surface area contributed by atoms with E-state index in [0.717, 1.165) is 0 Å². The Hall–Kier alpha value is -1.26. The quantitative estimate of drug-likeness (QED) is 0.514. The zero-order valence-electron chi connectivity index (χ0n) is 8.03. The highest BCUT2D eigenvalue weighted by Gasteiger charge is 2.07. The Morgan fingerprint density at radius 1 is 0.857 bits per heavy atom. The first kappa shape index (κ1) is 10.8. The first-order chi connectivity index (χ1) is 6.69. The van der Waals surface area contributed by atoms with Crippen molar-refractivity contribution < 1.29 is 10.2 Å². The van der Waals surface area contributed by atoms with Crippen LogP contribution in [0.25, 0.3) is 0 Å². The first-order valence-corrected chi connectivity index (χ1v) is 4.63. The zero-order valence-corrected chi connectivity index (χ0v) is 8.03.